The van der Waals surface area contributed by atoms with Crippen molar-refractivity contribution >= 4 is 21.9 Å². The second-order valence-electron chi connectivity index (χ2n) is 3.31. The van der Waals surface area contributed by atoms with Crippen molar-refractivity contribution in [2.24, 2.45) is 7.05 Å². The van der Waals surface area contributed by atoms with Crippen LogP contribution in [0.2, 0.25) is 0 Å². The van der Waals surface area contributed by atoms with Gasteiger partial charge in [0.25, 0.3) is 0 Å². The van der Waals surface area contributed by atoms with Gasteiger partial charge in [0.15, 0.2) is 0 Å². The summed E-state index contributed by atoms with van der Waals surface area (Å²) < 4.78 is 3.07. The first kappa shape index (κ1) is 10.2. The highest BCUT2D eigenvalue weighted by Crippen LogP contribution is 2.16. The van der Waals surface area contributed by atoms with Crippen LogP contribution in [0.4, 0.5) is 5.95 Å². The average Bonchev–Trinajstić information content (AvgIpc) is 2.63. The molecule has 2 rings (SSSR count). The van der Waals surface area contributed by atoms with Crippen LogP contribution in [0.25, 0.3) is 0 Å². The molecule has 1 heterocycles. The number of hydrogen-bond acceptors (Lipinski definition) is 2. The van der Waals surface area contributed by atoms with E-state index in [-0.39, 0.29) is 0 Å². The number of hydrogen-bond donors (Lipinski definition) is 1. The van der Waals surface area contributed by atoms with E-state index in [1.165, 1.54) is 5.56 Å². The number of anilines is 1. The van der Waals surface area contributed by atoms with Crippen LogP contribution in [-0.4, -0.2) is 9.55 Å². The number of aromatic nitrogens is 2. The van der Waals surface area contributed by atoms with E-state index in [2.05, 4.69) is 32.3 Å². The Morgan fingerprint density at radius 3 is 2.87 bits per heavy atom. The van der Waals surface area contributed by atoms with Crippen molar-refractivity contribution in [1.82, 2.24) is 9.55 Å². The molecule has 0 saturated carbocycles. The SMILES string of the molecule is Cn1ccnc1NCc1ccccc1Br. The Morgan fingerprint density at radius 2 is 2.20 bits per heavy atom. The standard InChI is InChI=1S/C11H12BrN3/c1-15-7-6-13-11(15)14-8-9-4-2-3-5-10(9)12/h2-7H,8H2,1H3,(H,13,14). The second-order valence-corrected chi connectivity index (χ2v) is 4.16. The molecular formula is C11H12BrN3. The van der Waals surface area contributed by atoms with Crippen molar-refractivity contribution in [3.05, 3.63) is 46.7 Å². The Labute approximate surface area is 97.3 Å². The largest absolute Gasteiger partial charge is 0.352 e. The quantitative estimate of drug-likeness (QED) is 0.925. The number of halogens is 1. The molecule has 15 heavy (non-hydrogen) atoms. The Bertz CT molecular complexity index is 451. The Morgan fingerprint density at radius 1 is 1.40 bits per heavy atom. The first-order valence-corrected chi connectivity index (χ1v) is 5.51. The molecule has 78 valence electrons. The number of imidazole rings is 1. The molecule has 0 amide bonds. The minimum Gasteiger partial charge on any atom is -0.352 e. The summed E-state index contributed by atoms with van der Waals surface area (Å²) in [5.41, 5.74) is 1.22. The number of rotatable bonds is 3. The van der Waals surface area contributed by atoms with E-state index < -0.39 is 0 Å². The Balaban J connectivity index is 2.06. The molecule has 0 aliphatic carbocycles. The van der Waals surface area contributed by atoms with Crippen molar-refractivity contribution < 1.29 is 0 Å². The molecule has 4 heteroatoms. The van der Waals surface area contributed by atoms with Gasteiger partial charge in [0.1, 0.15) is 0 Å². The number of nitrogens with zero attached hydrogens (tertiary/aromatic N) is 2. The van der Waals surface area contributed by atoms with Gasteiger partial charge in [0, 0.05) is 30.5 Å². The summed E-state index contributed by atoms with van der Waals surface area (Å²) in [7, 11) is 1.97. The zero-order valence-electron chi connectivity index (χ0n) is 8.44. The highest BCUT2D eigenvalue weighted by molar-refractivity contribution is 9.10. The summed E-state index contributed by atoms with van der Waals surface area (Å²) in [5.74, 6) is 0.880. The lowest BCUT2D eigenvalue weighted by Crippen LogP contribution is -2.04. The summed E-state index contributed by atoms with van der Waals surface area (Å²) >= 11 is 3.51. The molecule has 0 aliphatic rings. The van der Waals surface area contributed by atoms with E-state index in [0.29, 0.717) is 0 Å². The highest BCUT2D eigenvalue weighted by atomic mass is 79.9. The van der Waals surface area contributed by atoms with Crippen molar-refractivity contribution in [2.45, 2.75) is 6.54 Å². The summed E-state index contributed by atoms with van der Waals surface area (Å²) in [6.07, 6.45) is 3.70. The predicted molar refractivity (Wildman–Crippen MR) is 64.7 cm³/mol. The summed E-state index contributed by atoms with van der Waals surface area (Å²) in [6.45, 7) is 0.770. The molecule has 1 aromatic carbocycles. The van der Waals surface area contributed by atoms with Crippen molar-refractivity contribution in [3.8, 4) is 0 Å². The third-order valence-corrected chi connectivity index (χ3v) is 2.99. The fraction of sp³-hybridized carbons (Fsp3) is 0.182. The van der Waals surface area contributed by atoms with Gasteiger partial charge in [0.2, 0.25) is 5.95 Å². The number of nitrogens with one attached hydrogen (secondary N) is 1. The molecule has 0 spiro atoms. The van der Waals surface area contributed by atoms with Crippen LogP contribution >= 0.6 is 15.9 Å². The molecule has 0 unspecified atom stereocenters. The summed E-state index contributed by atoms with van der Waals surface area (Å²) in [5, 5.41) is 3.27. The van der Waals surface area contributed by atoms with Gasteiger partial charge in [-0.15, -0.1) is 0 Å². The zero-order valence-corrected chi connectivity index (χ0v) is 10.0. The molecular weight excluding hydrogens is 254 g/mol. The van der Waals surface area contributed by atoms with E-state index in [9.17, 15) is 0 Å². The van der Waals surface area contributed by atoms with Crippen molar-refractivity contribution in [2.75, 3.05) is 5.32 Å². The maximum atomic E-state index is 4.20. The van der Waals surface area contributed by atoms with Gasteiger partial charge in [-0.05, 0) is 11.6 Å². The van der Waals surface area contributed by atoms with Crippen LogP contribution < -0.4 is 5.32 Å². The van der Waals surface area contributed by atoms with Crippen LogP contribution in [0.5, 0.6) is 0 Å². The van der Waals surface area contributed by atoms with Gasteiger partial charge < -0.3 is 9.88 Å². The Hall–Kier alpha value is -1.29. The minimum atomic E-state index is 0.770. The molecule has 0 radical (unpaired) electrons. The van der Waals surface area contributed by atoms with Gasteiger partial charge >= 0.3 is 0 Å². The van der Waals surface area contributed by atoms with E-state index >= 15 is 0 Å². The zero-order chi connectivity index (χ0) is 10.7. The maximum absolute atomic E-state index is 4.20. The first-order valence-electron chi connectivity index (χ1n) is 4.72. The van der Waals surface area contributed by atoms with Gasteiger partial charge in [-0.2, -0.15) is 0 Å². The average molecular weight is 266 g/mol. The van der Waals surface area contributed by atoms with Gasteiger partial charge in [-0.3, -0.25) is 0 Å². The van der Waals surface area contributed by atoms with Crippen molar-refractivity contribution in [3.63, 3.8) is 0 Å². The predicted octanol–water partition coefficient (Wildman–Crippen LogP) is 2.79. The second kappa shape index (κ2) is 4.49. The topological polar surface area (TPSA) is 29.9 Å². The van der Waals surface area contributed by atoms with Crippen LogP contribution in [0, 0.1) is 0 Å². The molecule has 3 nitrogen and oxygen atoms in total. The van der Waals surface area contributed by atoms with Crippen LogP contribution in [-0.2, 0) is 13.6 Å². The van der Waals surface area contributed by atoms with E-state index in [1.807, 2.05) is 36.0 Å². The molecule has 0 saturated heterocycles. The minimum absolute atomic E-state index is 0.770. The molecule has 0 aliphatic heterocycles. The third kappa shape index (κ3) is 2.39. The van der Waals surface area contributed by atoms with Crippen LogP contribution in [0.15, 0.2) is 41.1 Å². The molecule has 0 fully saturated rings. The number of aryl methyl sites for hydroxylation is 1. The lowest BCUT2D eigenvalue weighted by atomic mass is 10.2. The molecule has 2 aromatic rings. The lowest BCUT2D eigenvalue weighted by molar-refractivity contribution is 0.899. The fourth-order valence-corrected chi connectivity index (χ4v) is 1.78. The van der Waals surface area contributed by atoms with Crippen LogP contribution in [0.1, 0.15) is 5.56 Å². The van der Waals surface area contributed by atoms with Gasteiger partial charge in [0.05, 0.1) is 0 Å². The third-order valence-electron chi connectivity index (χ3n) is 2.22. The normalized spacial score (nSPS) is 10.3. The van der Waals surface area contributed by atoms with Gasteiger partial charge in [-0.25, -0.2) is 4.98 Å². The van der Waals surface area contributed by atoms with E-state index in [0.717, 1.165) is 17.0 Å². The lowest BCUT2D eigenvalue weighted by Gasteiger charge is -2.07. The molecule has 1 aromatic heterocycles. The molecule has 0 bridgehead atoms. The Kier molecular flexibility index (Phi) is 3.06. The molecule has 0 atom stereocenters. The maximum Gasteiger partial charge on any atom is 0.202 e. The summed E-state index contributed by atoms with van der Waals surface area (Å²) in [6, 6.07) is 8.16. The smallest absolute Gasteiger partial charge is 0.202 e. The van der Waals surface area contributed by atoms with E-state index in [1.54, 1.807) is 6.20 Å². The monoisotopic (exact) mass is 265 g/mol. The van der Waals surface area contributed by atoms with Crippen molar-refractivity contribution in [1.29, 1.82) is 0 Å². The fourth-order valence-electron chi connectivity index (χ4n) is 1.35. The van der Waals surface area contributed by atoms with E-state index in [4.69, 9.17) is 0 Å². The van der Waals surface area contributed by atoms with Crippen LogP contribution in [0.3, 0.4) is 0 Å². The highest BCUT2D eigenvalue weighted by Gasteiger charge is 2.00. The molecule has 1 N–H and O–H groups in total. The number of benzene rings is 1. The van der Waals surface area contributed by atoms with Gasteiger partial charge in [-0.1, -0.05) is 34.1 Å². The first-order chi connectivity index (χ1) is 7.27. The summed E-state index contributed by atoms with van der Waals surface area (Å²) in [4.78, 5) is 4.20.